The van der Waals surface area contributed by atoms with Gasteiger partial charge in [0.1, 0.15) is 11.3 Å². The third-order valence-corrected chi connectivity index (χ3v) is 3.93. The van der Waals surface area contributed by atoms with Crippen LogP contribution in [-0.4, -0.2) is 26.1 Å². The summed E-state index contributed by atoms with van der Waals surface area (Å²) in [7, 11) is 2.84. The molecule has 0 aliphatic heterocycles. The number of nitrogens with zero attached hydrogens (tertiary/aromatic N) is 1. The molecule has 0 amide bonds. The van der Waals surface area contributed by atoms with E-state index in [4.69, 9.17) is 15.2 Å². The Morgan fingerprint density at radius 2 is 1.96 bits per heavy atom. The summed E-state index contributed by atoms with van der Waals surface area (Å²) in [6.45, 7) is 4.61. The molecular weight excluding hydrogens is 330 g/mol. The van der Waals surface area contributed by atoms with Gasteiger partial charge in [0.2, 0.25) is 0 Å². The molecule has 2 rings (SSSR count). The first-order valence-corrected chi connectivity index (χ1v) is 8.36. The smallest absolute Gasteiger partial charge is 0.341 e. The van der Waals surface area contributed by atoms with Gasteiger partial charge >= 0.3 is 5.97 Å². The van der Waals surface area contributed by atoms with Crippen molar-refractivity contribution < 1.29 is 14.3 Å². The van der Waals surface area contributed by atoms with Crippen LogP contribution >= 0.6 is 0 Å². The van der Waals surface area contributed by atoms with Gasteiger partial charge < -0.3 is 20.5 Å². The Morgan fingerprint density at radius 3 is 2.62 bits per heavy atom. The molecule has 6 heteroatoms. The number of esters is 1. The van der Waals surface area contributed by atoms with Crippen LogP contribution in [0, 0.1) is 0 Å². The Kier molecular flexibility index (Phi) is 6.60. The minimum absolute atomic E-state index is 0.307. The maximum absolute atomic E-state index is 11.8. The van der Waals surface area contributed by atoms with E-state index in [9.17, 15) is 4.79 Å². The molecule has 138 valence electrons. The lowest BCUT2D eigenvalue weighted by Gasteiger charge is -2.10. The minimum atomic E-state index is -0.454. The molecule has 0 atom stereocenters. The highest BCUT2D eigenvalue weighted by molar-refractivity contribution is 5.93. The quantitative estimate of drug-likeness (QED) is 0.470. The van der Waals surface area contributed by atoms with Crippen LogP contribution in [0.1, 0.15) is 41.3 Å². The van der Waals surface area contributed by atoms with E-state index in [1.54, 1.807) is 12.1 Å². The number of guanidine groups is 1. The SMILES string of the molecule is COC(=O)c1cc(CN=C(N)Nc2cccc(C(C)C)c2)ccc1OC. The molecule has 2 aromatic rings. The van der Waals surface area contributed by atoms with E-state index in [1.165, 1.54) is 19.8 Å². The molecule has 0 aliphatic carbocycles. The highest BCUT2D eigenvalue weighted by Gasteiger charge is 2.13. The molecule has 0 aliphatic rings. The molecule has 3 N–H and O–H groups in total. The summed E-state index contributed by atoms with van der Waals surface area (Å²) < 4.78 is 9.96. The fourth-order valence-electron chi connectivity index (χ4n) is 2.46. The number of benzene rings is 2. The van der Waals surface area contributed by atoms with Crippen molar-refractivity contribution in [3.05, 3.63) is 59.2 Å². The predicted octanol–water partition coefficient (Wildman–Crippen LogP) is 3.53. The Hall–Kier alpha value is -3.02. The molecule has 0 heterocycles. The number of hydrogen-bond donors (Lipinski definition) is 2. The first-order chi connectivity index (χ1) is 12.4. The normalized spacial score (nSPS) is 11.3. The minimum Gasteiger partial charge on any atom is -0.496 e. The van der Waals surface area contributed by atoms with Crippen molar-refractivity contribution in [2.45, 2.75) is 26.3 Å². The Balaban J connectivity index is 2.11. The standard InChI is InChI=1S/C20H25N3O3/c1-13(2)15-6-5-7-16(11-15)23-20(21)22-12-14-8-9-18(25-3)17(10-14)19(24)26-4/h5-11,13H,12H2,1-4H3,(H3,21,22,23). The summed E-state index contributed by atoms with van der Waals surface area (Å²) in [6.07, 6.45) is 0. The zero-order valence-corrected chi connectivity index (χ0v) is 15.6. The number of nitrogens with one attached hydrogen (secondary N) is 1. The van der Waals surface area contributed by atoms with Gasteiger partial charge in [0.25, 0.3) is 0 Å². The number of carbonyl (C=O) groups is 1. The molecule has 0 radical (unpaired) electrons. The fraction of sp³-hybridized carbons (Fsp3) is 0.300. The predicted molar refractivity (Wildman–Crippen MR) is 104 cm³/mol. The van der Waals surface area contributed by atoms with Crippen LogP contribution in [0.4, 0.5) is 5.69 Å². The number of carbonyl (C=O) groups excluding carboxylic acids is 1. The van der Waals surface area contributed by atoms with E-state index in [0.29, 0.717) is 29.7 Å². The Labute approximate surface area is 154 Å². The molecule has 0 saturated carbocycles. The van der Waals surface area contributed by atoms with Crippen LogP contribution in [0.15, 0.2) is 47.5 Å². The number of hydrogen-bond acceptors (Lipinski definition) is 4. The zero-order chi connectivity index (χ0) is 19.1. The van der Waals surface area contributed by atoms with Crippen molar-refractivity contribution in [3.63, 3.8) is 0 Å². The number of nitrogens with two attached hydrogens (primary N) is 1. The third-order valence-electron chi connectivity index (χ3n) is 3.93. The molecule has 0 saturated heterocycles. The van der Waals surface area contributed by atoms with Gasteiger partial charge in [-0.25, -0.2) is 9.79 Å². The molecular formula is C20H25N3O3. The summed E-state index contributed by atoms with van der Waals surface area (Å²) in [5, 5.41) is 3.09. The lowest BCUT2D eigenvalue weighted by atomic mass is 10.0. The second-order valence-electron chi connectivity index (χ2n) is 6.13. The average Bonchev–Trinajstić information content (AvgIpc) is 2.65. The molecule has 0 bridgehead atoms. The molecule has 6 nitrogen and oxygen atoms in total. The summed E-state index contributed by atoms with van der Waals surface area (Å²) in [5.41, 5.74) is 9.28. The second kappa shape index (κ2) is 8.89. The van der Waals surface area contributed by atoms with Crippen molar-refractivity contribution in [1.82, 2.24) is 0 Å². The van der Waals surface area contributed by atoms with Crippen molar-refractivity contribution in [2.75, 3.05) is 19.5 Å². The monoisotopic (exact) mass is 355 g/mol. The van der Waals surface area contributed by atoms with Crippen LogP contribution in [-0.2, 0) is 11.3 Å². The van der Waals surface area contributed by atoms with Crippen LogP contribution in [0.3, 0.4) is 0 Å². The molecule has 0 unspecified atom stereocenters. The molecule has 0 aromatic heterocycles. The fourth-order valence-corrected chi connectivity index (χ4v) is 2.46. The molecule has 2 aromatic carbocycles. The zero-order valence-electron chi connectivity index (χ0n) is 15.6. The van der Waals surface area contributed by atoms with Crippen LogP contribution in [0.25, 0.3) is 0 Å². The van der Waals surface area contributed by atoms with Crippen molar-refractivity contribution in [1.29, 1.82) is 0 Å². The topological polar surface area (TPSA) is 85.9 Å². The van der Waals surface area contributed by atoms with Crippen LogP contribution < -0.4 is 15.8 Å². The number of anilines is 1. The van der Waals surface area contributed by atoms with Gasteiger partial charge in [0, 0.05) is 5.69 Å². The van der Waals surface area contributed by atoms with Gasteiger partial charge in [0.05, 0.1) is 20.8 Å². The van der Waals surface area contributed by atoms with E-state index in [0.717, 1.165) is 11.3 Å². The van der Waals surface area contributed by atoms with Crippen molar-refractivity contribution >= 4 is 17.6 Å². The van der Waals surface area contributed by atoms with Gasteiger partial charge in [0.15, 0.2) is 5.96 Å². The van der Waals surface area contributed by atoms with Gasteiger partial charge in [-0.05, 0) is 41.3 Å². The van der Waals surface area contributed by atoms with E-state index in [2.05, 4.69) is 36.3 Å². The molecule has 26 heavy (non-hydrogen) atoms. The van der Waals surface area contributed by atoms with Gasteiger partial charge in [-0.1, -0.05) is 32.0 Å². The van der Waals surface area contributed by atoms with Crippen LogP contribution in [0.5, 0.6) is 5.75 Å². The summed E-state index contributed by atoms with van der Waals surface area (Å²) in [4.78, 5) is 16.2. The van der Waals surface area contributed by atoms with E-state index >= 15 is 0 Å². The summed E-state index contributed by atoms with van der Waals surface area (Å²) >= 11 is 0. The van der Waals surface area contributed by atoms with E-state index < -0.39 is 5.97 Å². The number of methoxy groups -OCH3 is 2. The van der Waals surface area contributed by atoms with Gasteiger partial charge in [-0.15, -0.1) is 0 Å². The number of ether oxygens (including phenoxy) is 2. The maximum Gasteiger partial charge on any atom is 0.341 e. The highest BCUT2D eigenvalue weighted by atomic mass is 16.5. The lowest BCUT2D eigenvalue weighted by molar-refractivity contribution is 0.0597. The van der Waals surface area contributed by atoms with E-state index in [1.807, 2.05) is 18.2 Å². The van der Waals surface area contributed by atoms with Gasteiger partial charge in [-0.3, -0.25) is 0 Å². The number of rotatable bonds is 6. The number of aliphatic imine (C=N–C) groups is 1. The highest BCUT2D eigenvalue weighted by Crippen LogP contribution is 2.21. The van der Waals surface area contributed by atoms with Gasteiger partial charge in [-0.2, -0.15) is 0 Å². The summed E-state index contributed by atoms with van der Waals surface area (Å²) in [5.74, 6) is 0.748. The van der Waals surface area contributed by atoms with E-state index in [-0.39, 0.29) is 0 Å². The molecule has 0 spiro atoms. The molecule has 0 fully saturated rings. The largest absolute Gasteiger partial charge is 0.496 e. The third kappa shape index (κ3) is 4.99. The summed E-state index contributed by atoms with van der Waals surface area (Å²) in [6, 6.07) is 13.3. The Morgan fingerprint density at radius 1 is 1.19 bits per heavy atom. The first-order valence-electron chi connectivity index (χ1n) is 8.36. The lowest BCUT2D eigenvalue weighted by Crippen LogP contribution is -2.22. The maximum atomic E-state index is 11.8. The van der Waals surface area contributed by atoms with Crippen molar-refractivity contribution in [2.24, 2.45) is 10.7 Å². The van der Waals surface area contributed by atoms with Crippen LogP contribution in [0.2, 0.25) is 0 Å². The van der Waals surface area contributed by atoms with Crippen molar-refractivity contribution in [3.8, 4) is 5.75 Å². The second-order valence-corrected chi connectivity index (χ2v) is 6.13. The first kappa shape index (κ1) is 19.3. The Bertz CT molecular complexity index is 801. The average molecular weight is 355 g/mol.